The van der Waals surface area contributed by atoms with E-state index in [4.69, 9.17) is 0 Å². The monoisotopic (exact) mass is 373 g/mol. The number of nitrogens with one attached hydrogen (secondary N) is 2. The van der Waals surface area contributed by atoms with Crippen molar-refractivity contribution in [2.24, 2.45) is 5.92 Å². The van der Waals surface area contributed by atoms with Gasteiger partial charge >= 0.3 is 0 Å². The number of rotatable bonds is 8. The Hall–Kier alpha value is -1.45. The fourth-order valence-electron chi connectivity index (χ4n) is 2.47. The highest BCUT2D eigenvalue weighted by Crippen LogP contribution is 2.21. The van der Waals surface area contributed by atoms with Gasteiger partial charge in [0.05, 0.1) is 6.54 Å². The molecule has 2 heterocycles. The van der Waals surface area contributed by atoms with Crippen LogP contribution in [0.3, 0.4) is 0 Å². The van der Waals surface area contributed by atoms with Crippen LogP contribution >= 0.6 is 11.3 Å². The Bertz CT molecular complexity index is 699. The van der Waals surface area contributed by atoms with Gasteiger partial charge in [-0.15, -0.1) is 11.3 Å². The highest BCUT2D eigenvalue weighted by Gasteiger charge is 2.23. The van der Waals surface area contributed by atoms with Gasteiger partial charge in [0, 0.05) is 37.9 Å². The average Bonchev–Trinajstić information content (AvgIpc) is 3.13. The van der Waals surface area contributed by atoms with Crippen LogP contribution in [0, 0.1) is 5.92 Å². The van der Waals surface area contributed by atoms with Gasteiger partial charge in [-0.3, -0.25) is 9.59 Å². The van der Waals surface area contributed by atoms with Gasteiger partial charge in [0.25, 0.3) is 0 Å². The third-order valence-corrected chi connectivity index (χ3v) is 6.74. The Morgan fingerprint density at radius 3 is 2.79 bits per heavy atom. The lowest BCUT2D eigenvalue weighted by atomic mass is 10.2. The predicted molar refractivity (Wildman–Crippen MR) is 92.0 cm³/mol. The molecule has 1 saturated heterocycles. The molecule has 2 N–H and O–H groups in total. The first-order chi connectivity index (χ1) is 11.3. The summed E-state index contributed by atoms with van der Waals surface area (Å²) in [6.45, 7) is 5.27. The lowest BCUT2D eigenvalue weighted by Crippen LogP contribution is -2.35. The molecule has 1 aliphatic heterocycles. The number of thiophene rings is 1. The molecular formula is C15H23N3O4S2. The third-order valence-electron chi connectivity index (χ3n) is 3.74. The van der Waals surface area contributed by atoms with E-state index >= 15 is 0 Å². The Kier molecular flexibility index (Phi) is 6.36. The van der Waals surface area contributed by atoms with Crippen LogP contribution in [0.15, 0.2) is 16.3 Å². The molecule has 1 unspecified atom stereocenters. The largest absolute Gasteiger partial charge is 0.351 e. The van der Waals surface area contributed by atoms with Crippen molar-refractivity contribution < 1.29 is 18.0 Å². The first-order valence-corrected chi connectivity index (χ1v) is 10.2. The molecule has 2 amide bonds. The molecule has 0 spiro atoms. The minimum absolute atomic E-state index is 0.0423. The van der Waals surface area contributed by atoms with Crippen LogP contribution < -0.4 is 10.0 Å². The molecule has 0 aromatic carbocycles. The van der Waals surface area contributed by atoms with E-state index in [-0.39, 0.29) is 28.5 Å². The summed E-state index contributed by atoms with van der Waals surface area (Å²) in [5.41, 5.74) is 0. The Morgan fingerprint density at radius 1 is 1.42 bits per heavy atom. The lowest BCUT2D eigenvalue weighted by molar-refractivity contribution is -0.128. The van der Waals surface area contributed by atoms with Crippen LogP contribution in [0.25, 0.3) is 0 Å². The molecule has 1 aromatic rings. The van der Waals surface area contributed by atoms with Gasteiger partial charge in [-0.2, -0.15) is 0 Å². The maximum absolute atomic E-state index is 12.3. The van der Waals surface area contributed by atoms with Gasteiger partial charge < -0.3 is 10.2 Å². The zero-order valence-corrected chi connectivity index (χ0v) is 15.5. The second-order valence-corrected chi connectivity index (χ2v) is 9.19. The van der Waals surface area contributed by atoms with Crippen LogP contribution in [0.1, 0.15) is 31.6 Å². The second-order valence-electron chi connectivity index (χ2n) is 6.03. The molecule has 1 aromatic heterocycles. The molecule has 0 bridgehead atoms. The normalized spacial score (nSPS) is 16.4. The predicted octanol–water partition coefficient (Wildman–Crippen LogP) is 0.921. The molecule has 1 atom stereocenters. The fourth-order valence-corrected chi connectivity index (χ4v) is 4.98. The Labute approximate surface area is 146 Å². The summed E-state index contributed by atoms with van der Waals surface area (Å²) >= 11 is 1.14. The van der Waals surface area contributed by atoms with Crippen molar-refractivity contribution in [3.05, 3.63) is 17.0 Å². The van der Waals surface area contributed by atoms with E-state index in [0.717, 1.165) is 29.2 Å². The SMILES string of the molecule is CC(=O)NCc1ccc(S(=O)(=O)NCC(C)CN2CCCC2=O)s1. The second kappa shape index (κ2) is 8.09. The molecule has 1 fully saturated rings. The topological polar surface area (TPSA) is 95.6 Å². The average molecular weight is 374 g/mol. The molecule has 134 valence electrons. The molecule has 1 aliphatic rings. The Balaban J connectivity index is 1.86. The van der Waals surface area contributed by atoms with Crippen LogP contribution in [0.4, 0.5) is 0 Å². The van der Waals surface area contributed by atoms with E-state index < -0.39 is 10.0 Å². The highest BCUT2D eigenvalue weighted by molar-refractivity contribution is 7.91. The van der Waals surface area contributed by atoms with E-state index in [1.807, 2.05) is 6.92 Å². The van der Waals surface area contributed by atoms with E-state index in [0.29, 0.717) is 19.5 Å². The number of amides is 2. The summed E-state index contributed by atoms with van der Waals surface area (Å²) in [7, 11) is -3.57. The number of hydrogen-bond acceptors (Lipinski definition) is 5. The molecule has 7 nitrogen and oxygen atoms in total. The van der Waals surface area contributed by atoms with Crippen LogP contribution in [-0.4, -0.2) is 44.8 Å². The van der Waals surface area contributed by atoms with E-state index in [2.05, 4.69) is 10.0 Å². The first-order valence-electron chi connectivity index (χ1n) is 7.88. The van der Waals surface area contributed by atoms with E-state index in [1.54, 1.807) is 17.0 Å². The number of likely N-dealkylation sites (tertiary alicyclic amines) is 1. The molecule has 2 rings (SSSR count). The maximum atomic E-state index is 12.3. The van der Waals surface area contributed by atoms with Crippen molar-refractivity contribution in [2.45, 2.75) is 37.4 Å². The maximum Gasteiger partial charge on any atom is 0.250 e. The van der Waals surface area contributed by atoms with Crippen molar-refractivity contribution in [1.29, 1.82) is 0 Å². The minimum atomic E-state index is -3.57. The molecule has 24 heavy (non-hydrogen) atoms. The number of carbonyl (C=O) groups is 2. The Morgan fingerprint density at radius 2 is 2.17 bits per heavy atom. The van der Waals surface area contributed by atoms with Gasteiger partial charge in [0.1, 0.15) is 4.21 Å². The van der Waals surface area contributed by atoms with Gasteiger partial charge in [0.2, 0.25) is 21.8 Å². The quantitative estimate of drug-likeness (QED) is 0.708. The highest BCUT2D eigenvalue weighted by atomic mass is 32.2. The van der Waals surface area contributed by atoms with Gasteiger partial charge in [0.15, 0.2) is 0 Å². The van der Waals surface area contributed by atoms with Crippen molar-refractivity contribution in [3.8, 4) is 0 Å². The lowest BCUT2D eigenvalue weighted by Gasteiger charge is -2.20. The summed E-state index contributed by atoms with van der Waals surface area (Å²) < 4.78 is 27.5. The van der Waals surface area contributed by atoms with Crippen molar-refractivity contribution in [2.75, 3.05) is 19.6 Å². The number of carbonyl (C=O) groups excluding carboxylic acids is 2. The minimum Gasteiger partial charge on any atom is -0.351 e. The van der Waals surface area contributed by atoms with Crippen molar-refractivity contribution in [3.63, 3.8) is 0 Å². The smallest absolute Gasteiger partial charge is 0.250 e. The number of sulfonamides is 1. The van der Waals surface area contributed by atoms with Gasteiger partial charge in [-0.1, -0.05) is 6.92 Å². The van der Waals surface area contributed by atoms with Crippen LogP contribution in [0.5, 0.6) is 0 Å². The summed E-state index contributed by atoms with van der Waals surface area (Å²) in [6, 6.07) is 3.24. The number of hydrogen-bond donors (Lipinski definition) is 2. The summed E-state index contributed by atoms with van der Waals surface area (Å²) in [6.07, 6.45) is 1.47. The molecule has 0 radical (unpaired) electrons. The molecular weight excluding hydrogens is 350 g/mol. The zero-order valence-electron chi connectivity index (χ0n) is 13.9. The third kappa shape index (κ3) is 5.29. The van der Waals surface area contributed by atoms with Gasteiger partial charge in [-0.05, 0) is 24.5 Å². The van der Waals surface area contributed by atoms with Gasteiger partial charge in [-0.25, -0.2) is 13.1 Å². The van der Waals surface area contributed by atoms with E-state index in [9.17, 15) is 18.0 Å². The van der Waals surface area contributed by atoms with E-state index in [1.165, 1.54) is 6.92 Å². The zero-order chi connectivity index (χ0) is 17.7. The molecule has 9 heteroatoms. The summed E-state index contributed by atoms with van der Waals surface area (Å²) in [4.78, 5) is 25.1. The molecule has 0 aliphatic carbocycles. The van der Waals surface area contributed by atoms with Crippen LogP contribution in [-0.2, 0) is 26.2 Å². The summed E-state index contributed by atoms with van der Waals surface area (Å²) in [5.74, 6) is 0.0300. The number of nitrogens with zero attached hydrogens (tertiary/aromatic N) is 1. The summed E-state index contributed by atoms with van der Waals surface area (Å²) in [5, 5.41) is 2.64. The first kappa shape index (κ1) is 18.9. The molecule has 0 saturated carbocycles. The van der Waals surface area contributed by atoms with Crippen LogP contribution in [0.2, 0.25) is 0 Å². The fraction of sp³-hybridized carbons (Fsp3) is 0.600. The van der Waals surface area contributed by atoms with Crippen molar-refractivity contribution >= 4 is 33.2 Å². The standard InChI is InChI=1S/C15H23N3O4S2/c1-11(10-18-7-3-4-14(18)20)8-17-24(21,22)15-6-5-13(23-15)9-16-12(2)19/h5-6,11,17H,3-4,7-10H2,1-2H3,(H,16,19). The van der Waals surface area contributed by atoms with Crippen molar-refractivity contribution in [1.82, 2.24) is 14.9 Å².